The number of aromatic amines is 1. The smallest absolute Gasteiger partial charge is 0.309 e. The molecular formula is C15H14F3N3O. The molecule has 1 aliphatic carbocycles. The van der Waals surface area contributed by atoms with Crippen molar-refractivity contribution in [3.63, 3.8) is 0 Å². The second-order valence-electron chi connectivity index (χ2n) is 5.30. The summed E-state index contributed by atoms with van der Waals surface area (Å²) in [7, 11) is 0. The molecule has 0 saturated carbocycles. The summed E-state index contributed by atoms with van der Waals surface area (Å²) in [5, 5.41) is 7.84. The van der Waals surface area contributed by atoms with E-state index in [4.69, 9.17) is 0 Å². The zero-order valence-corrected chi connectivity index (χ0v) is 11.6. The fourth-order valence-corrected chi connectivity index (χ4v) is 2.77. The number of fused-ring (bicyclic) bond motifs is 1. The third-order valence-electron chi connectivity index (χ3n) is 3.82. The average molecular weight is 309 g/mol. The maximum atomic E-state index is 12.5. The van der Waals surface area contributed by atoms with Crippen molar-refractivity contribution in [1.82, 2.24) is 10.2 Å². The number of rotatable bonds is 2. The first-order valence-corrected chi connectivity index (χ1v) is 6.96. The highest BCUT2D eigenvalue weighted by Crippen LogP contribution is 2.33. The van der Waals surface area contributed by atoms with Gasteiger partial charge in [0.15, 0.2) is 5.82 Å². The summed E-state index contributed by atoms with van der Waals surface area (Å²) in [6.07, 6.45) is -2.03. The number of nitrogens with zero attached hydrogens (tertiary/aromatic N) is 1. The van der Waals surface area contributed by atoms with E-state index in [-0.39, 0.29) is 17.6 Å². The lowest BCUT2D eigenvalue weighted by Gasteiger charge is -2.24. The number of carbonyl (C=O) groups is 1. The normalized spacial score (nSPS) is 17.9. The lowest BCUT2D eigenvalue weighted by atomic mass is 9.82. The summed E-state index contributed by atoms with van der Waals surface area (Å²) in [5.74, 6) is -0.788. The molecule has 0 fully saturated rings. The van der Waals surface area contributed by atoms with Crippen LogP contribution >= 0.6 is 0 Å². The molecule has 0 radical (unpaired) electrons. The van der Waals surface area contributed by atoms with Gasteiger partial charge in [0.25, 0.3) is 0 Å². The molecule has 3 rings (SSSR count). The largest absolute Gasteiger partial charge is 0.432 e. The first-order chi connectivity index (χ1) is 10.4. The van der Waals surface area contributed by atoms with Crippen molar-refractivity contribution in [1.29, 1.82) is 0 Å². The van der Waals surface area contributed by atoms with Crippen LogP contribution in [0.5, 0.6) is 0 Å². The number of aryl methyl sites for hydroxylation is 1. The quantitative estimate of drug-likeness (QED) is 0.892. The highest BCUT2D eigenvalue weighted by molar-refractivity contribution is 5.95. The van der Waals surface area contributed by atoms with Crippen LogP contribution in [0.15, 0.2) is 30.3 Å². The molecule has 0 saturated heterocycles. The zero-order chi connectivity index (χ0) is 15.7. The van der Waals surface area contributed by atoms with Gasteiger partial charge >= 0.3 is 6.18 Å². The van der Waals surface area contributed by atoms with E-state index in [1.165, 1.54) is 0 Å². The van der Waals surface area contributed by atoms with Crippen LogP contribution in [0.25, 0.3) is 0 Å². The maximum Gasteiger partial charge on any atom is 0.432 e. The molecule has 2 N–H and O–H groups in total. The topological polar surface area (TPSA) is 57.8 Å². The number of amides is 1. The van der Waals surface area contributed by atoms with Crippen LogP contribution in [-0.2, 0) is 17.4 Å². The Bertz CT molecular complexity index is 693. The molecule has 1 amide bonds. The molecule has 1 aromatic heterocycles. The maximum absolute atomic E-state index is 12.5. The third kappa shape index (κ3) is 2.84. The molecule has 1 aliphatic rings. The summed E-state index contributed by atoms with van der Waals surface area (Å²) in [4.78, 5) is 12.3. The summed E-state index contributed by atoms with van der Waals surface area (Å²) in [6.45, 7) is 0. The van der Waals surface area contributed by atoms with E-state index in [0.29, 0.717) is 6.42 Å². The Labute approximate surface area is 124 Å². The Balaban J connectivity index is 1.77. The SMILES string of the molecule is O=C(Nc1cc(C(F)(F)F)[nH]n1)[C@@H]1CCCc2ccccc21. The highest BCUT2D eigenvalue weighted by atomic mass is 19.4. The van der Waals surface area contributed by atoms with E-state index in [0.717, 1.165) is 30.0 Å². The number of H-pyrrole nitrogens is 1. The Morgan fingerprint density at radius 3 is 2.82 bits per heavy atom. The van der Waals surface area contributed by atoms with Crippen molar-refractivity contribution in [3.8, 4) is 0 Å². The zero-order valence-electron chi connectivity index (χ0n) is 11.6. The number of hydrogen-bond acceptors (Lipinski definition) is 2. The average Bonchev–Trinajstić information content (AvgIpc) is 2.95. The Hall–Kier alpha value is -2.31. The molecule has 7 heteroatoms. The van der Waals surface area contributed by atoms with Gasteiger partial charge in [-0.3, -0.25) is 9.89 Å². The Morgan fingerprint density at radius 2 is 2.09 bits per heavy atom. The van der Waals surface area contributed by atoms with Crippen molar-refractivity contribution in [3.05, 3.63) is 47.2 Å². The van der Waals surface area contributed by atoms with E-state index in [9.17, 15) is 18.0 Å². The number of anilines is 1. The van der Waals surface area contributed by atoms with E-state index in [1.54, 1.807) is 0 Å². The van der Waals surface area contributed by atoms with Crippen LogP contribution in [0, 0.1) is 0 Å². The number of hydrogen-bond donors (Lipinski definition) is 2. The molecule has 116 valence electrons. The minimum Gasteiger partial charge on any atom is -0.309 e. The number of carbonyl (C=O) groups excluding carboxylic acids is 1. The molecule has 4 nitrogen and oxygen atoms in total. The molecule has 1 heterocycles. The second kappa shape index (κ2) is 5.47. The van der Waals surface area contributed by atoms with E-state index in [2.05, 4.69) is 10.4 Å². The van der Waals surface area contributed by atoms with Crippen molar-refractivity contribution in [2.45, 2.75) is 31.4 Å². The van der Waals surface area contributed by atoms with Crippen LogP contribution in [0.2, 0.25) is 0 Å². The number of halogens is 3. The predicted molar refractivity (Wildman–Crippen MR) is 74.3 cm³/mol. The summed E-state index contributed by atoms with van der Waals surface area (Å²) < 4.78 is 37.5. The fraction of sp³-hybridized carbons (Fsp3) is 0.333. The molecule has 0 unspecified atom stereocenters. The van der Waals surface area contributed by atoms with Gasteiger partial charge in [0, 0.05) is 6.07 Å². The number of nitrogens with one attached hydrogen (secondary N) is 2. The van der Waals surface area contributed by atoms with Gasteiger partial charge in [-0.15, -0.1) is 0 Å². The van der Waals surface area contributed by atoms with Gasteiger partial charge in [-0.25, -0.2) is 0 Å². The van der Waals surface area contributed by atoms with Gasteiger partial charge in [-0.05, 0) is 30.4 Å². The molecule has 1 atom stereocenters. The van der Waals surface area contributed by atoms with E-state index >= 15 is 0 Å². The third-order valence-corrected chi connectivity index (χ3v) is 3.82. The minimum absolute atomic E-state index is 0.111. The summed E-state index contributed by atoms with van der Waals surface area (Å²) in [5.41, 5.74) is 1.08. The van der Waals surface area contributed by atoms with Crippen LogP contribution in [0.1, 0.15) is 35.6 Å². The van der Waals surface area contributed by atoms with Crippen molar-refractivity contribution in [2.24, 2.45) is 0 Å². The van der Waals surface area contributed by atoms with E-state index in [1.807, 2.05) is 29.4 Å². The summed E-state index contributed by atoms with van der Waals surface area (Å²) >= 11 is 0. The van der Waals surface area contributed by atoms with Crippen molar-refractivity contribution >= 4 is 11.7 Å². The second-order valence-corrected chi connectivity index (χ2v) is 5.30. The monoisotopic (exact) mass is 309 g/mol. The molecule has 2 aromatic rings. The van der Waals surface area contributed by atoms with Gasteiger partial charge in [-0.2, -0.15) is 18.3 Å². The lowest BCUT2D eigenvalue weighted by Crippen LogP contribution is -2.24. The van der Waals surface area contributed by atoms with Gasteiger partial charge in [0.2, 0.25) is 5.91 Å². The fourth-order valence-electron chi connectivity index (χ4n) is 2.77. The molecule has 0 bridgehead atoms. The first-order valence-electron chi connectivity index (χ1n) is 6.96. The van der Waals surface area contributed by atoms with Crippen LogP contribution in [0.4, 0.5) is 19.0 Å². The molecule has 0 aliphatic heterocycles. The van der Waals surface area contributed by atoms with Crippen molar-refractivity contribution in [2.75, 3.05) is 5.32 Å². The minimum atomic E-state index is -4.51. The van der Waals surface area contributed by atoms with Gasteiger partial charge in [0.1, 0.15) is 5.69 Å². The molecule has 0 spiro atoms. The molecule has 22 heavy (non-hydrogen) atoms. The van der Waals surface area contributed by atoms with E-state index < -0.39 is 11.9 Å². The van der Waals surface area contributed by atoms with Crippen LogP contribution in [-0.4, -0.2) is 16.1 Å². The Kier molecular flexibility index (Phi) is 3.64. The van der Waals surface area contributed by atoms with Gasteiger partial charge in [0.05, 0.1) is 5.92 Å². The van der Waals surface area contributed by atoms with Crippen molar-refractivity contribution < 1.29 is 18.0 Å². The van der Waals surface area contributed by atoms with Gasteiger partial charge < -0.3 is 5.32 Å². The summed E-state index contributed by atoms with van der Waals surface area (Å²) in [6, 6.07) is 8.45. The van der Waals surface area contributed by atoms with Crippen LogP contribution in [0.3, 0.4) is 0 Å². The molecule has 1 aromatic carbocycles. The predicted octanol–water partition coefficient (Wildman–Crippen LogP) is 3.49. The molecular weight excluding hydrogens is 295 g/mol. The number of benzene rings is 1. The van der Waals surface area contributed by atoms with Gasteiger partial charge in [-0.1, -0.05) is 24.3 Å². The number of aromatic nitrogens is 2. The standard InChI is InChI=1S/C15H14F3N3O/c16-15(17,18)12-8-13(21-20-12)19-14(22)11-7-3-5-9-4-1-2-6-10(9)11/h1-2,4,6,8,11H,3,5,7H2,(H2,19,20,21,22)/t11-/m1/s1. The highest BCUT2D eigenvalue weighted by Gasteiger charge is 2.33. The lowest BCUT2D eigenvalue weighted by molar-refractivity contribution is -0.141. The van der Waals surface area contributed by atoms with Crippen LogP contribution < -0.4 is 5.32 Å². The number of alkyl halides is 3. The Morgan fingerprint density at radius 1 is 1.32 bits per heavy atom. The first kappa shape index (κ1) is 14.6.